The van der Waals surface area contributed by atoms with Crippen LogP contribution in [0.15, 0.2) is 12.8 Å². The zero-order chi connectivity index (χ0) is 13.6. The minimum absolute atomic E-state index is 0.739. The molecule has 0 unspecified atom stereocenters. The molecule has 0 aromatic rings. The second kappa shape index (κ2) is 12.5. The van der Waals surface area contributed by atoms with Crippen LogP contribution in [0.5, 0.6) is 0 Å². The molecule has 0 saturated heterocycles. The lowest BCUT2D eigenvalue weighted by Crippen LogP contribution is -2.30. The van der Waals surface area contributed by atoms with Gasteiger partial charge < -0.3 is 10.1 Å². The Hall–Kier alpha value is -0.500. The predicted molar refractivity (Wildman–Crippen MR) is 83.3 cm³/mol. The van der Waals surface area contributed by atoms with Gasteiger partial charge in [0.2, 0.25) is 0 Å². The van der Waals surface area contributed by atoms with E-state index >= 15 is 0 Å². The Morgan fingerprint density at radius 2 is 1.42 bits per heavy atom. The summed E-state index contributed by atoms with van der Waals surface area (Å²) in [5.74, 6) is 0. The molecule has 0 amide bonds. The van der Waals surface area contributed by atoms with Gasteiger partial charge >= 0.3 is 0 Å². The second-order valence-electron chi connectivity index (χ2n) is 5.80. The lowest BCUT2D eigenvalue weighted by atomic mass is 9.98. The smallest absolute Gasteiger partial charge is 0.0885 e. The summed E-state index contributed by atoms with van der Waals surface area (Å²) >= 11 is 0. The first-order chi connectivity index (χ1) is 9.43. The van der Waals surface area contributed by atoms with Crippen LogP contribution >= 0.6 is 0 Å². The molecule has 0 aromatic heterocycles. The maximum Gasteiger partial charge on any atom is 0.0885 e. The second-order valence-corrected chi connectivity index (χ2v) is 5.80. The van der Waals surface area contributed by atoms with Crippen LogP contribution in [0.1, 0.15) is 77.0 Å². The maximum absolute atomic E-state index is 5.16. The summed E-state index contributed by atoms with van der Waals surface area (Å²) in [6, 6.07) is 0.739. The highest BCUT2D eigenvalue weighted by atomic mass is 16.5. The summed E-state index contributed by atoms with van der Waals surface area (Å²) < 4.78 is 5.16. The van der Waals surface area contributed by atoms with E-state index in [2.05, 4.69) is 11.9 Å². The van der Waals surface area contributed by atoms with Crippen molar-refractivity contribution in [3.63, 3.8) is 0 Å². The molecular formula is C17H33NO. The summed E-state index contributed by atoms with van der Waals surface area (Å²) in [5.41, 5.74) is 0. The number of ether oxygens (including phenoxy) is 1. The summed E-state index contributed by atoms with van der Waals surface area (Å²) in [5, 5.41) is 3.72. The van der Waals surface area contributed by atoms with Crippen molar-refractivity contribution in [1.29, 1.82) is 0 Å². The molecule has 1 aliphatic rings. The molecule has 0 spiro atoms. The minimum atomic E-state index is 0.739. The topological polar surface area (TPSA) is 21.3 Å². The fraction of sp³-hybridized carbons (Fsp3) is 0.882. The highest BCUT2D eigenvalue weighted by Gasteiger charge is 2.08. The molecule has 1 rings (SSSR count). The first-order valence-electron chi connectivity index (χ1n) is 8.39. The molecule has 0 bridgehead atoms. The summed E-state index contributed by atoms with van der Waals surface area (Å²) in [4.78, 5) is 0. The summed E-state index contributed by atoms with van der Waals surface area (Å²) in [6.07, 6.45) is 18.3. The van der Waals surface area contributed by atoms with Crippen molar-refractivity contribution >= 4 is 0 Å². The fourth-order valence-electron chi connectivity index (χ4n) is 2.91. The van der Waals surface area contributed by atoms with Gasteiger partial charge in [0.25, 0.3) is 0 Å². The average Bonchev–Trinajstić information content (AvgIpc) is 2.41. The van der Waals surface area contributed by atoms with Gasteiger partial charge in [-0.25, -0.2) is 0 Å². The van der Waals surface area contributed by atoms with Crippen LogP contribution in [0, 0.1) is 0 Å². The monoisotopic (exact) mass is 267 g/mol. The largest absolute Gasteiger partial charge is 0.502 e. The van der Waals surface area contributed by atoms with Gasteiger partial charge in [0.15, 0.2) is 0 Å². The lowest BCUT2D eigenvalue weighted by molar-refractivity contribution is 0.241. The normalized spacial score (nSPS) is 20.2. The Labute approximate surface area is 120 Å². The van der Waals surface area contributed by atoms with Crippen LogP contribution in [0.25, 0.3) is 0 Å². The Morgan fingerprint density at radius 1 is 0.895 bits per heavy atom. The van der Waals surface area contributed by atoms with E-state index in [1.54, 1.807) is 0 Å². The molecule has 1 N–H and O–H groups in total. The number of nitrogens with one attached hydrogen (secondary N) is 1. The van der Waals surface area contributed by atoms with Gasteiger partial charge in [-0.2, -0.15) is 0 Å². The third-order valence-electron chi connectivity index (χ3n) is 4.10. The van der Waals surface area contributed by atoms with E-state index in [-0.39, 0.29) is 0 Å². The van der Waals surface area contributed by atoms with Crippen molar-refractivity contribution in [2.24, 2.45) is 0 Å². The molecule has 2 heteroatoms. The van der Waals surface area contributed by atoms with Gasteiger partial charge in [0.05, 0.1) is 12.9 Å². The van der Waals surface area contributed by atoms with Gasteiger partial charge in [-0.3, -0.25) is 0 Å². The van der Waals surface area contributed by atoms with E-state index in [4.69, 9.17) is 4.74 Å². The molecule has 0 heterocycles. The molecule has 112 valence electrons. The van der Waals surface area contributed by atoms with Gasteiger partial charge in [-0.1, -0.05) is 64.4 Å². The highest BCUT2D eigenvalue weighted by molar-refractivity contribution is 4.68. The van der Waals surface area contributed by atoms with Gasteiger partial charge in [0.1, 0.15) is 0 Å². The minimum Gasteiger partial charge on any atom is -0.502 e. The van der Waals surface area contributed by atoms with Crippen LogP contribution < -0.4 is 5.32 Å². The Kier molecular flexibility index (Phi) is 10.9. The molecule has 0 radical (unpaired) electrons. The van der Waals surface area contributed by atoms with Crippen molar-refractivity contribution in [1.82, 2.24) is 5.32 Å². The third kappa shape index (κ3) is 10.0. The van der Waals surface area contributed by atoms with Crippen LogP contribution in [0.2, 0.25) is 0 Å². The van der Waals surface area contributed by atoms with E-state index in [1.807, 2.05) is 0 Å². The van der Waals surface area contributed by atoms with Crippen LogP contribution in [-0.2, 0) is 4.74 Å². The van der Waals surface area contributed by atoms with Gasteiger partial charge in [-0.15, -0.1) is 0 Å². The zero-order valence-electron chi connectivity index (χ0n) is 12.7. The van der Waals surface area contributed by atoms with Gasteiger partial charge in [0, 0.05) is 6.04 Å². The van der Waals surface area contributed by atoms with Crippen LogP contribution in [0.3, 0.4) is 0 Å². The van der Waals surface area contributed by atoms with E-state index in [9.17, 15) is 0 Å². The third-order valence-corrected chi connectivity index (χ3v) is 4.10. The summed E-state index contributed by atoms with van der Waals surface area (Å²) in [7, 11) is 0. The molecule has 0 aliphatic heterocycles. The summed E-state index contributed by atoms with van der Waals surface area (Å²) in [6.45, 7) is 5.44. The van der Waals surface area contributed by atoms with E-state index in [0.717, 1.165) is 25.6 Å². The van der Waals surface area contributed by atoms with Gasteiger partial charge in [-0.05, 0) is 25.8 Å². The maximum atomic E-state index is 5.16. The molecule has 1 fully saturated rings. The lowest BCUT2D eigenvalue weighted by Gasteiger charge is -2.19. The average molecular weight is 267 g/mol. The number of hydrogen-bond donors (Lipinski definition) is 1. The molecule has 1 aliphatic carbocycles. The number of hydrogen-bond acceptors (Lipinski definition) is 2. The van der Waals surface area contributed by atoms with Crippen molar-refractivity contribution in [2.45, 2.75) is 83.1 Å². The molecule has 0 aromatic carbocycles. The first kappa shape index (κ1) is 16.6. The molecule has 0 atom stereocenters. The first-order valence-corrected chi connectivity index (χ1v) is 8.39. The van der Waals surface area contributed by atoms with Crippen molar-refractivity contribution in [2.75, 3.05) is 13.2 Å². The van der Waals surface area contributed by atoms with Crippen LogP contribution in [0.4, 0.5) is 0 Å². The molecular weight excluding hydrogens is 234 g/mol. The molecule has 1 saturated carbocycles. The Morgan fingerprint density at radius 3 is 1.95 bits per heavy atom. The van der Waals surface area contributed by atoms with Crippen molar-refractivity contribution in [3.05, 3.63) is 12.8 Å². The highest BCUT2D eigenvalue weighted by Crippen LogP contribution is 2.16. The standard InChI is InChI=1S/C17H33NO/c1-2-19-16-12-15-18-17-13-10-8-6-4-3-5-7-9-11-14-17/h2,17-18H,1,3-16H2. The van der Waals surface area contributed by atoms with E-state index in [1.165, 1.54) is 76.9 Å². The fourth-order valence-corrected chi connectivity index (χ4v) is 2.91. The SMILES string of the molecule is C=COCCCNC1CCCCCCCCCCC1. The van der Waals surface area contributed by atoms with E-state index in [0.29, 0.717) is 0 Å². The van der Waals surface area contributed by atoms with Crippen molar-refractivity contribution in [3.8, 4) is 0 Å². The zero-order valence-corrected chi connectivity index (χ0v) is 12.7. The van der Waals surface area contributed by atoms with Crippen LogP contribution in [-0.4, -0.2) is 19.2 Å². The Bertz CT molecular complexity index is 193. The van der Waals surface area contributed by atoms with Crippen molar-refractivity contribution < 1.29 is 4.74 Å². The Balaban J connectivity index is 2.13. The predicted octanol–water partition coefficient (Wildman–Crippen LogP) is 4.80. The number of rotatable bonds is 6. The quantitative estimate of drug-likeness (QED) is 0.551. The molecule has 19 heavy (non-hydrogen) atoms. The molecule has 2 nitrogen and oxygen atoms in total. The van der Waals surface area contributed by atoms with E-state index < -0.39 is 0 Å².